The summed E-state index contributed by atoms with van der Waals surface area (Å²) in [5.74, 6) is -0.667. The summed E-state index contributed by atoms with van der Waals surface area (Å²) in [4.78, 5) is 29.3. The van der Waals surface area contributed by atoms with Gasteiger partial charge in [0.1, 0.15) is 5.75 Å². The third-order valence-electron chi connectivity index (χ3n) is 6.89. The number of carbonyl (C=O) groups is 1. The Morgan fingerprint density at radius 1 is 1.22 bits per heavy atom. The second-order valence-electron chi connectivity index (χ2n) is 9.21. The zero-order chi connectivity index (χ0) is 29.6. The van der Waals surface area contributed by atoms with Crippen LogP contribution in [0.25, 0.3) is 32.2 Å². The number of nitrogens with zero attached hydrogens (tertiary/aromatic N) is 3. The zero-order valence-corrected chi connectivity index (χ0v) is 23.0. The van der Waals surface area contributed by atoms with Gasteiger partial charge >= 0.3 is 12.1 Å². The highest BCUT2D eigenvalue weighted by molar-refractivity contribution is 7.18. The van der Waals surface area contributed by atoms with E-state index in [0.29, 0.717) is 49.4 Å². The smallest absolute Gasteiger partial charge is 0.416 e. The summed E-state index contributed by atoms with van der Waals surface area (Å²) in [6.07, 6.45) is -3.07. The van der Waals surface area contributed by atoms with E-state index in [1.54, 1.807) is 44.3 Å². The minimum absolute atomic E-state index is 0.0157. The van der Waals surface area contributed by atoms with Gasteiger partial charge in [0.2, 0.25) is 0 Å². The fourth-order valence-electron chi connectivity index (χ4n) is 4.77. The van der Waals surface area contributed by atoms with Crippen molar-refractivity contribution in [3.63, 3.8) is 0 Å². The zero-order valence-electron chi connectivity index (χ0n) is 21.5. The molecule has 0 aliphatic rings. The lowest BCUT2D eigenvalue weighted by molar-refractivity contribution is -0.137. The van der Waals surface area contributed by atoms with Crippen molar-refractivity contribution in [2.24, 2.45) is 7.05 Å². The van der Waals surface area contributed by atoms with E-state index in [0.717, 1.165) is 6.07 Å². The maximum Gasteiger partial charge on any atom is 0.416 e. The predicted octanol–water partition coefficient (Wildman–Crippen LogP) is 6.99. The Kier molecular flexibility index (Phi) is 7.23. The second kappa shape index (κ2) is 10.5. The summed E-state index contributed by atoms with van der Waals surface area (Å²) in [5.41, 5.74) is 0.563. The van der Waals surface area contributed by atoms with Crippen molar-refractivity contribution >= 4 is 50.0 Å². The summed E-state index contributed by atoms with van der Waals surface area (Å²) in [5, 5.41) is 20.9. The summed E-state index contributed by atoms with van der Waals surface area (Å²) < 4.78 is 48.5. The number of carboxylic acids is 1. The molecule has 0 radical (unpaired) electrons. The maximum absolute atomic E-state index is 13.4. The molecule has 0 amide bonds. The van der Waals surface area contributed by atoms with Crippen LogP contribution in [0, 0.1) is 18.3 Å². The molecular formula is C29H19ClF3N3O4S. The molecule has 0 bridgehead atoms. The molecule has 5 rings (SSSR count). The fraction of sp³-hybridized carbons (Fsp3) is 0.172. The van der Waals surface area contributed by atoms with Gasteiger partial charge in [-0.3, -0.25) is 9.78 Å². The van der Waals surface area contributed by atoms with Crippen molar-refractivity contribution in [1.82, 2.24) is 9.55 Å². The first-order valence-electron chi connectivity index (χ1n) is 12.1. The van der Waals surface area contributed by atoms with E-state index in [4.69, 9.17) is 16.3 Å². The van der Waals surface area contributed by atoms with E-state index in [1.807, 2.05) is 0 Å². The molecule has 3 heterocycles. The Labute approximate surface area is 239 Å². The number of aromatic carboxylic acids is 1. The largest absolute Gasteiger partial charge is 0.493 e. The molecule has 1 N–H and O–H groups in total. The van der Waals surface area contributed by atoms with Crippen LogP contribution in [-0.4, -0.2) is 27.2 Å². The van der Waals surface area contributed by atoms with Crippen LogP contribution in [0.5, 0.6) is 5.75 Å². The summed E-state index contributed by atoms with van der Waals surface area (Å²) in [6.45, 7) is 1.65. The monoisotopic (exact) mass is 597 g/mol. The summed E-state index contributed by atoms with van der Waals surface area (Å²) in [7, 11) is 1.54. The number of nitriles is 1. The molecule has 208 valence electrons. The number of alkyl halides is 3. The van der Waals surface area contributed by atoms with Gasteiger partial charge in [0.05, 0.1) is 50.5 Å². The summed E-state index contributed by atoms with van der Waals surface area (Å²) in [6, 6.07) is 10.0. The molecule has 0 spiro atoms. The maximum atomic E-state index is 13.4. The molecule has 41 heavy (non-hydrogen) atoms. The molecule has 12 heteroatoms. The number of aromatic nitrogens is 2. The minimum atomic E-state index is -4.68. The van der Waals surface area contributed by atoms with E-state index in [1.165, 1.54) is 27.5 Å². The fourth-order valence-corrected chi connectivity index (χ4v) is 5.97. The lowest BCUT2D eigenvalue weighted by Crippen LogP contribution is -2.21. The Balaban J connectivity index is 1.52. The topological polar surface area (TPSA) is 105 Å². The number of aryl methyl sites for hydroxylation is 1. The highest BCUT2D eigenvalue weighted by atomic mass is 35.5. The number of hydrogen-bond donors (Lipinski definition) is 1. The van der Waals surface area contributed by atoms with Gasteiger partial charge in [-0.2, -0.15) is 18.4 Å². The Hall–Kier alpha value is -4.40. The van der Waals surface area contributed by atoms with Crippen molar-refractivity contribution < 1.29 is 27.8 Å². The SMILES string of the molecule is Cc1c(CCOc2ccc(Cl)cc2-c2ccnc3c(C(=O)O)csc23)c(=O)c2c(C#N)cc(C(F)(F)F)cc2n1C. The third-order valence-corrected chi connectivity index (χ3v) is 8.13. The van der Waals surface area contributed by atoms with Gasteiger partial charge < -0.3 is 14.4 Å². The van der Waals surface area contributed by atoms with Gasteiger partial charge in [-0.05, 0) is 43.3 Å². The average Bonchev–Trinajstić information content (AvgIpc) is 3.38. The van der Waals surface area contributed by atoms with Crippen molar-refractivity contribution in [3.05, 3.63) is 91.2 Å². The highest BCUT2D eigenvalue weighted by Crippen LogP contribution is 2.40. The molecule has 0 fully saturated rings. The molecular weight excluding hydrogens is 579 g/mol. The van der Waals surface area contributed by atoms with Crippen LogP contribution in [-0.2, 0) is 19.6 Å². The number of benzene rings is 2. The Morgan fingerprint density at radius 3 is 2.66 bits per heavy atom. The molecule has 0 saturated heterocycles. The Bertz CT molecular complexity index is 1980. The molecule has 5 aromatic rings. The number of fused-ring (bicyclic) bond motifs is 2. The van der Waals surface area contributed by atoms with E-state index in [9.17, 15) is 33.1 Å². The van der Waals surface area contributed by atoms with Crippen LogP contribution in [0.4, 0.5) is 13.2 Å². The molecule has 0 atom stereocenters. The molecule has 0 unspecified atom stereocenters. The number of thiophene rings is 1. The summed E-state index contributed by atoms with van der Waals surface area (Å²) >= 11 is 7.51. The lowest BCUT2D eigenvalue weighted by Gasteiger charge is -2.18. The van der Waals surface area contributed by atoms with Gasteiger partial charge in [0.15, 0.2) is 5.43 Å². The van der Waals surface area contributed by atoms with Crippen molar-refractivity contribution in [3.8, 4) is 22.9 Å². The van der Waals surface area contributed by atoms with E-state index >= 15 is 0 Å². The normalized spacial score (nSPS) is 11.6. The molecule has 0 aliphatic heterocycles. The van der Waals surface area contributed by atoms with Crippen LogP contribution >= 0.6 is 22.9 Å². The standard InChI is InChI=1S/C29H19ClF3N3O4S/c1-14-18(26(37)24-15(12-34)9-16(29(31,32)33)10-22(24)36(14)2)6-8-40-23-4-3-17(30)11-20(23)19-5-7-35-25-21(28(38)39)13-41-27(19)25/h3-5,7,9-11,13H,6,8H2,1-2H3,(H,38,39). The van der Waals surface area contributed by atoms with Crippen LogP contribution < -0.4 is 10.2 Å². The van der Waals surface area contributed by atoms with Crippen LogP contribution in [0.1, 0.15) is 32.7 Å². The van der Waals surface area contributed by atoms with Crippen molar-refractivity contribution in [1.29, 1.82) is 5.26 Å². The van der Waals surface area contributed by atoms with Crippen LogP contribution in [0.15, 0.2) is 52.8 Å². The molecule has 7 nitrogen and oxygen atoms in total. The van der Waals surface area contributed by atoms with Gasteiger partial charge in [0.25, 0.3) is 0 Å². The van der Waals surface area contributed by atoms with E-state index in [2.05, 4.69) is 4.98 Å². The Morgan fingerprint density at radius 2 is 1.98 bits per heavy atom. The van der Waals surface area contributed by atoms with Crippen molar-refractivity contribution in [2.45, 2.75) is 19.5 Å². The molecule has 3 aromatic heterocycles. The highest BCUT2D eigenvalue weighted by Gasteiger charge is 2.32. The number of rotatable bonds is 6. The van der Waals surface area contributed by atoms with E-state index < -0.39 is 23.1 Å². The molecule has 2 aromatic carbocycles. The first kappa shape index (κ1) is 28.1. The quantitative estimate of drug-likeness (QED) is 0.226. The van der Waals surface area contributed by atoms with E-state index in [-0.39, 0.29) is 35.1 Å². The number of halogens is 4. The second-order valence-corrected chi connectivity index (χ2v) is 10.5. The minimum Gasteiger partial charge on any atom is -0.493 e. The predicted molar refractivity (Wildman–Crippen MR) is 150 cm³/mol. The van der Waals surface area contributed by atoms with Crippen LogP contribution in [0.3, 0.4) is 0 Å². The number of pyridine rings is 2. The average molecular weight is 598 g/mol. The van der Waals surface area contributed by atoms with Gasteiger partial charge in [0, 0.05) is 52.5 Å². The molecule has 0 aliphatic carbocycles. The first-order valence-corrected chi connectivity index (χ1v) is 13.3. The lowest BCUT2D eigenvalue weighted by atomic mass is 9.99. The number of carboxylic acid groups (broad SMARTS) is 1. The first-order chi connectivity index (χ1) is 19.4. The third kappa shape index (κ3) is 5.01. The molecule has 0 saturated carbocycles. The van der Waals surface area contributed by atoms with Crippen LogP contribution in [0.2, 0.25) is 5.02 Å². The number of hydrogen-bond acceptors (Lipinski definition) is 6. The van der Waals surface area contributed by atoms with Gasteiger partial charge in [-0.1, -0.05) is 11.6 Å². The number of ether oxygens (including phenoxy) is 1. The van der Waals surface area contributed by atoms with Gasteiger partial charge in [-0.25, -0.2) is 4.79 Å². The van der Waals surface area contributed by atoms with Crippen molar-refractivity contribution in [2.75, 3.05) is 6.61 Å². The van der Waals surface area contributed by atoms with Gasteiger partial charge in [-0.15, -0.1) is 11.3 Å².